The first-order chi connectivity index (χ1) is 8.05. The fourth-order valence-corrected chi connectivity index (χ4v) is 3.87. The van der Waals surface area contributed by atoms with Crippen molar-refractivity contribution in [2.45, 2.75) is 18.9 Å². The van der Waals surface area contributed by atoms with Crippen LogP contribution in [0.2, 0.25) is 5.02 Å². The van der Waals surface area contributed by atoms with Crippen LogP contribution in [0.15, 0.2) is 18.2 Å². The topological polar surface area (TPSA) is 29.5 Å². The van der Waals surface area contributed by atoms with Crippen LogP contribution in [0.5, 0.6) is 5.75 Å². The molecule has 1 saturated heterocycles. The molecule has 1 aromatic rings. The Bertz CT molecular complexity index is 410. The number of methoxy groups -OCH3 is 1. The highest BCUT2D eigenvalue weighted by Crippen LogP contribution is 2.38. The summed E-state index contributed by atoms with van der Waals surface area (Å²) in [6.07, 6.45) is 0.602. The van der Waals surface area contributed by atoms with Gasteiger partial charge in [-0.15, -0.1) is 0 Å². The van der Waals surface area contributed by atoms with Crippen LogP contribution in [0.25, 0.3) is 0 Å². The number of halogens is 1. The van der Waals surface area contributed by atoms with Gasteiger partial charge >= 0.3 is 0 Å². The van der Waals surface area contributed by atoms with Gasteiger partial charge in [-0.25, -0.2) is 0 Å². The van der Waals surface area contributed by atoms with E-state index in [1.165, 1.54) is 0 Å². The van der Waals surface area contributed by atoms with Crippen molar-refractivity contribution in [2.24, 2.45) is 5.92 Å². The van der Waals surface area contributed by atoms with Crippen molar-refractivity contribution < 1.29 is 9.84 Å². The first-order valence-electron chi connectivity index (χ1n) is 5.68. The molecule has 2 nitrogen and oxygen atoms in total. The summed E-state index contributed by atoms with van der Waals surface area (Å²) < 4.78 is 5.31. The molecular formula is C13H17ClO2S. The molecule has 1 aromatic carbocycles. The Labute approximate surface area is 111 Å². The summed E-state index contributed by atoms with van der Waals surface area (Å²) in [5, 5.41) is 11.3. The lowest BCUT2D eigenvalue weighted by atomic mass is 9.86. The van der Waals surface area contributed by atoms with E-state index in [1.54, 1.807) is 24.9 Å². The van der Waals surface area contributed by atoms with E-state index < -0.39 is 5.60 Å². The Morgan fingerprint density at radius 1 is 1.59 bits per heavy atom. The van der Waals surface area contributed by atoms with Crippen LogP contribution in [0, 0.1) is 5.92 Å². The molecule has 1 aliphatic rings. The second-order valence-corrected chi connectivity index (χ2v) is 6.12. The highest BCUT2D eigenvalue weighted by atomic mass is 35.5. The minimum Gasteiger partial charge on any atom is -0.496 e. The van der Waals surface area contributed by atoms with E-state index in [4.69, 9.17) is 16.3 Å². The molecule has 0 aliphatic carbocycles. The molecule has 0 amide bonds. The van der Waals surface area contributed by atoms with E-state index in [0.717, 1.165) is 22.8 Å². The van der Waals surface area contributed by atoms with Crippen LogP contribution in [0.3, 0.4) is 0 Å². The quantitative estimate of drug-likeness (QED) is 0.917. The molecular weight excluding hydrogens is 256 g/mol. The maximum Gasteiger partial charge on any atom is 0.122 e. The van der Waals surface area contributed by atoms with E-state index >= 15 is 0 Å². The molecule has 0 radical (unpaired) electrons. The highest BCUT2D eigenvalue weighted by molar-refractivity contribution is 7.99. The summed E-state index contributed by atoms with van der Waals surface area (Å²) in [5.41, 5.74) is 0.347. The highest BCUT2D eigenvalue weighted by Gasteiger charge is 2.39. The third kappa shape index (κ3) is 2.72. The second-order valence-electron chi connectivity index (χ2n) is 4.65. The number of hydrogen-bond donors (Lipinski definition) is 1. The number of aliphatic hydroxyl groups is 1. The summed E-state index contributed by atoms with van der Waals surface area (Å²) in [7, 11) is 1.64. The third-order valence-electron chi connectivity index (χ3n) is 3.38. The fraction of sp³-hybridized carbons (Fsp3) is 0.538. The minimum atomic E-state index is -0.636. The molecule has 17 heavy (non-hydrogen) atoms. The van der Waals surface area contributed by atoms with Crippen molar-refractivity contribution in [1.29, 1.82) is 0 Å². The van der Waals surface area contributed by atoms with Gasteiger partial charge in [0.25, 0.3) is 0 Å². The van der Waals surface area contributed by atoms with Gasteiger partial charge in [0.1, 0.15) is 5.75 Å². The standard InChI is InChI=1S/C13H17ClO2S/c1-9-7-17-8-13(9,15)6-10-5-11(14)3-4-12(10)16-2/h3-5,9,15H,6-8H2,1-2H3. The zero-order valence-corrected chi connectivity index (χ0v) is 11.6. The van der Waals surface area contributed by atoms with Crippen LogP contribution in [-0.4, -0.2) is 29.3 Å². The monoisotopic (exact) mass is 272 g/mol. The Balaban J connectivity index is 2.25. The molecule has 0 saturated carbocycles. The molecule has 2 rings (SSSR count). The molecule has 2 atom stereocenters. The Hall–Kier alpha value is -0.380. The van der Waals surface area contributed by atoms with Crippen LogP contribution in [0.1, 0.15) is 12.5 Å². The van der Waals surface area contributed by atoms with Gasteiger partial charge in [-0.3, -0.25) is 0 Å². The van der Waals surface area contributed by atoms with Gasteiger partial charge < -0.3 is 9.84 Å². The first-order valence-corrected chi connectivity index (χ1v) is 7.21. The van der Waals surface area contributed by atoms with E-state index in [-0.39, 0.29) is 0 Å². The van der Waals surface area contributed by atoms with Crippen molar-refractivity contribution in [1.82, 2.24) is 0 Å². The van der Waals surface area contributed by atoms with E-state index in [1.807, 2.05) is 12.1 Å². The maximum atomic E-state index is 10.6. The molecule has 1 heterocycles. The molecule has 2 unspecified atom stereocenters. The van der Waals surface area contributed by atoms with Crippen molar-refractivity contribution >= 4 is 23.4 Å². The van der Waals surface area contributed by atoms with Gasteiger partial charge in [-0.05, 0) is 35.4 Å². The SMILES string of the molecule is COc1ccc(Cl)cc1CC1(O)CSCC1C. The number of rotatable bonds is 3. The number of benzene rings is 1. The summed E-state index contributed by atoms with van der Waals surface area (Å²) in [6.45, 7) is 2.09. The average molecular weight is 273 g/mol. The van der Waals surface area contributed by atoms with Crippen molar-refractivity contribution in [3.8, 4) is 5.75 Å². The van der Waals surface area contributed by atoms with Crippen molar-refractivity contribution in [3.63, 3.8) is 0 Å². The molecule has 1 N–H and O–H groups in total. The molecule has 1 fully saturated rings. The maximum absolute atomic E-state index is 10.6. The van der Waals surface area contributed by atoms with E-state index in [0.29, 0.717) is 17.4 Å². The van der Waals surface area contributed by atoms with Gasteiger partial charge in [0.2, 0.25) is 0 Å². The summed E-state index contributed by atoms with van der Waals surface area (Å²) in [6, 6.07) is 5.54. The van der Waals surface area contributed by atoms with Crippen LogP contribution < -0.4 is 4.74 Å². The Morgan fingerprint density at radius 3 is 2.94 bits per heavy atom. The normalized spacial score (nSPS) is 28.4. The first kappa shape index (κ1) is 13.1. The molecule has 0 aromatic heterocycles. The predicted octanol–water partition coefficient (Wildman–Crippen LogP) is 3.01. The second kappa shape index (κ2) is 5.09. The molecule has 0 spiro atoms. The van der Waals surface area contributed by atoms with Crippen molar-refractivity contribution in [3.05, 3.63) is 28.8 Å². The van der Waals surface area contributed by atoms with Crippen LogP contribution >= 0.6 is 23.4 Å². The molecule has 0 bridgehead atoms. The Kier molecular flexibility index (Phi) is 3.91. The largest absolute Gasteiger partial charge is 0.496 e. The minimum absolute atomic E-state index is 0.302. The van der Waals surface area contributed by atoms with Gasteiger partial charge in [-0.1, -0.05) is 18.5 Å². The van der Waals surface area contributed by atoms with E-state index in [9.17, 15) is 5.11 Å². The molecule has 1 aliphatic heterocycles. The lowest BCUT2D eigenvalue weighted by Crippen LogP contribution is -2.37. The van der Waals surface area contributed by atoms with E-state index in [2.05, 4.69) is 6.92 Å². The summed E-state index contributed by atoms with van der Waals surface area (Å²) in [4.78, 5) is 0. The smallest absolute Gasteiger partial charge is 0.122 e. The average Bonchev–Trinajstić information content (AvgIpc) is 2.59. The van der Waals surface area contributed by atoms with Gasteiger partial charge in [-0.2, -0.15) is 11.8 Å². The van der Waals surface area contributed by atoms with Gasteiger partial charge in [0, 0.05) is 17.2 Å². The summed E-state index contributed by atoms with van der Waals surface area (Å²) in [5.74, 6) is 2.89. The van der Waals surface area contributed by atoms with Gasteiger partial charge in [0.05, 0.1) is 12.7 Å². The molecule has 4 heteroatoms. The predicted molar refractivity (Wildman–Crippen MR) is 73.1 cm³/mol. The number of ether oxygens (including phenoxy) is 1. The third-order valence-corrected chi connectivity index (χ3v) is 5.05. The summed E-state index contributed by atoms with van der Waals surface area (Å²) >= 11 is 7.80. The lowest BCUT2D eigenvalue weighted by Gasteiger charge is -2.27. The zero-order chi connectivity index (χ0) is 12.5. The van der Waals surface area contributed by atoms with Gasteiger partial charge in [0.15, 0.2) is 0 Å². The van der Waals surface area contributed by atoms with Crippen LogP contribution in [-0.2, 0) is 6.42 Å². The number of thioether (sulfide) groups is 1. The fourth-order valence-electron chi connectivity index (χ4n) is 2.15. The van der Waals surface area contributed by atoms with Crippen LogP contribution in [0.4, 0.5) is 0 Å². The molecule has 94 valence electrons. The Morgan fingerprint density at radius 2 is 2.35 bits per heavy atom. The lowest BCUT2D eigenvalue weighted by molar-refractivity contribution is 0.0273. The van der Waals surface area contributed by atoms with Crippen molar-refractivity contribution in [2.75, 3.05) is 18.6 Å². The number of hydrogen-bond acceptors (Lipinski definition) is 3. The zero-order valence-electron chi connectivity index (χ0n) is 10.1.